The van der Waals surface area contributed by atoms with Crippen LogP contribution in [-0.2, 0) is 27.5 Å². The molecule has 1 aliphatic heterocycles. The second-order valence-corrected chi connectivity index (χ2v) is 19.2. The van der Waals surface area contributed by atoms with Crippen molar-refractivity contribution in [3.63, 3.8) is 0 Å². The zero-order valence-electron chi connectivity index (χ0n) is 36.8. The quantitative estimate of drug-likeness (QED) is 0.0615. The maximum atomic E-state index is 14.1. The molecule has 2 fully saturated rings. The van der Waals surface area contributed by atoms with Gasteiger partial charge in [0.15, 0.2) is 11.6 Å². The van der Waals surface area contributed by atoms with Crippen molar-refractivity contribution < 1.29 is 24.6 Å². The van der Waals surface area contributed by atoms with Gasteiger partial charge in [-0.05, 0) is 106 Å². The molecule has 15 heteroatoms. The molecule has 1 saturated heterocycles. The number of anilines is 1. The van der Waals surface area contributed by atoms with E-state index in [1.807, 2.05) is 80.5 Å². The number of thiazole rings is 1. The Morgan fingerprint density at radius 2 is 1.70 bits per heavy atom. The molecule has 1 saturated carbocycles. The molecule has 5 aromatic rings. The molecule has 0 radical (unpaired) electrons. The Morgan fingerprint density at radius 1 is 0.952 bits per heavy atom. The first-order valence-corrected chi connectivity index (χ1v) is 23.1. The van der Waals surface area contributed by atoms with Gasteiger partial charge in [0.25, 0.3) is 0 Å². The molecule has 4 heterocycles. The lowest BCUT2D eigenvalue weighted by molar-refractivity contribution is -0.137. The van der Waals surface area contributed by atoms with Gasteiger partial charge in [-0.1, -0.05) is 63.6 Å². The number of Topliss-reactive ketones (excluding diaryl/α,β-unsaturated/α-hetero) is 1. The average molecular weight is 876 g/mol. The highest BCUT2D eigenvalue weighted by atomic mass is 32.1. The fourth-order valence-corrected chi connectivity index (χ4v) is 9.77. The van der Waals surface area contributed by atoms with E-state index >= 15 is 0 Å². The van der Waals surface area contributed by atoms with Gasteiger partial charge in [-0.3, -0.25) is 19.1 Å². The number of piperidine rings is 1. The van der Waals surface area contributed by atoms with Gasteiger partial charge in [0.1, 0.15) is 5.75 Å². The molecule has 334 valence electrons. The van der Waals surface area contributed by atoms with Crippen molar-refractivity contribution >= 4 is 34.8 Å². The summed E-state index contributed by atoms with van der Waals surface area (Å²) in [5.41, 5.74) is 13.2. The number of hydrogen-bond donors (Lipinski definition) is 5. The molecule has 6 N–H and O–H groups in total. The van der Waals surface area contributed by atoms with Crippen molar-refractivity contribution in [3.8, 4) is 38.6 Å². The van der Waals surface area contributed by atoms with E-state index < -0.39 is 29.4 Å². The lowest BCUT2D eigenvalue weighted by Gasteiger charge is -2.33. The number of unbranched alkanes of at least 4 members (excludes halogenated alkanes) is 2. The first kappa shape index (κ1) is 45.5. The van der Waals surface area contributed by atoms with Gasteiger partial charge in [0, 0.05) is 48.3 Å². The number of nitrogens with one attached hydrogen (secondary N) is 2. The third-order valence-electron chi connectivity index (χ3n) is 12.6. The van der Waals surface area contributed by atoms with E-state index in [2.05, 4.69) is 35.8 Å². The minimum Gasteiger partial charge on any atom is -0.507 e. The number of nitrogen functional groups attached to an aromatic ring is 1. The van der Waals surface area contributed by atoms with Crippen LogP contribution in [0.2, 0.25) is 0 Å². The van der Waals surface area contributed by atoms with Crippen LogP contribution >= 0.6 is 11.3 Å². The Kier molecular flexibility index (Phi) is 14.7. The van der Waals surface area contributed by atoms with Crippen LogP contribution in [0.15, 0.2) is 72.5 Å². The largest absolute Gasteiger partial charge is 0.507 e. The first-order valence-electron chi connectivity index (χ1n) is 22.2. The number of nitrogens with two attached hydrogens (primary N) is 1. The molecule has 1 unspecified atom stereocenters. The number of carbonyl (C=O) groups is 3. The predicted molar refractivity (Wildman–Crippen MR) is 245 cm³/mol. The predicted octanol–water partition coefficient (Wildman–Crippen LogP) is 6.80. The van der Waals surface area contributed by atoms with Crippen LogP contribution in [0.1, 0.15) is 83.4 Å². The van der Waals surface area contributed by atoms with Crippen molar-refractivity contribution in [1.82, 2.24) is 40.5 Å². The normalized spacial score (nSPS) is 18.9. The Morgan fingerprint density at radius 3 is 2.41 bits per heavy atom. The number of benzene rings is 2. The number of likely N-dealkylation sites (tertiary alicyclic amines) is 1. The van der Waals surface area contributed by atoms with E-state index in [9.17, 15) is 24.6 Å². The number of nitrogens with zero attached hydrogens (tertiary/aromatic N) is 6. The van der Waals surface area contributed by atoms with Gasteiger partial charge in [-0.15, -0.1) is 21.5 Å². The van der Waals surface area contributed by atoms with E-state index in [0.29, 0.717) is 36.0 Å². The lowest BCUT2D eigenvalue weighted by Crippen LogP contribution is -2.52. The summed E-state index contributed by atoms with van der Waals surface area (Å²) >= 11 is 1.59. The topological polar surface area (TPSA) is 201 Å². The molecule has 4 atom stereocenters. The number of phenolic OH excluding ortho intramolecular Hbond substituents is 1. The fraction of sp³-hybridized carbons (Fsp3) is 0.479. The van der Waals surface area contributed by atoms with Crippen LogP contribution in [0, 0.1) is 30.1 Å². The van der Waals surface area contributed by atoms with Crippen molar-refractivity contribution in [3.05, 3.63) is 83.8 Å². The number of aliphatic hydroxyl groups is 1. The summed E-state index contributed by atoms with van der Waals surface area (Å²) < 4.78 is 1.97. The van der Waals surface area contributed by atoms with Gasteiger partial charge < -0.3 is 31.5 Å². The zero-order valence-corrected chi connectivity index (χ0v) is 37.6. The number of ketones is 1. The van der Waals surface area contributed by atoms with Gasteiger partial charge in [0.05, 0.1) is 46.0 Å². The summed E-state index contributed by atoms with van der Waals surface area (Å²) in [4.78, 5) is 48.8. The molecule has 14 nitrogen and oxygen atoms in total. The highest BCUT2D eigenvalue weighted by Gasteiger charge is 2.46. The van der Waals surface area contributed by atoms with E-state index in [1.54, 1.807) is 35.7 Å². The number of hydrogen-bond acceptors (Lipinski definition) is 12. The highest BCUT2D eigenvalue weighted by molar-refractivity contribution is 7.13. The zero-order chi connectivity index (χ0) is 44.7. The van der Waals surface area contributed by atoms with Crippen LogP contribution in [0.25, 0.3) is 32.8 Å². The summed E-state index contributed by atoms with van der Waals surface area (Å²) in [5, 5.41) is 39.9. The molecule has 0 spiro atoms. The van der Waals surface area contributed by atoms with Crippen molar-refractivity contribution in [1.29, 1.82) is 0 Å². The number of phenols is 1. The molecular formula is C48H61N9O5S. The molecule has 2 amide bonds. The third kappa shape index (κ3) is 11.6. The highest BCUT2D eigenvalue weighted by Crippen LogP contribution is 2.37. The Balaban J connectivity index is 0.819. The smallest absolute Gasteiger partial charge is 0.224 e. The maximum absolute atomic E-state index is 14.1. The molecule has 0 bridgehead atoms. The summed E-state index contributed by atoms with van der Waals surface area (Å²) in [6.07, 6.45) is 8.52. The summed E-state index contributed by atoms with van der Waals surface area (Å²) in [5.74, 6) is -1.03. The number of rotatable bonds is 17. The molecule has 63 heavy (non-hydrogen) atoms. The van der Waals surface area contributed by atoms with Gasteiger partial charge >= 0.3 is 0 Å². The second-order valence-electron chi connectivity index (χ2n) is 18.4. The van der Waals surface area contributed by atoms with E-state index in [4.69, 9.17) is 5.73 Å². The molecule has 2 aliphatic rings. The second kappa shape index (κ2) is 20.3. The lowest BCUT2D eigenvalue weighted by atomic mass is 9.77. The van der Waals surface area contributed by atoms with Gasteiger partial charge in [0.2, 0.25) is 11.8 Å². The standard InChI is InChI=1S/C48H61N9O5S/c1-30-44(63-29-51-30)33-15-13-31(14-16-33)25-50-47(62)39-23-35(58)22-38(39)43(61)45(48(2,3)4)53-42(60)12-6-5-9-19-56-20-17-32(18-21-56)27-57-28-34(26-52-57)37-24-40(54-55-46(37)49)36-10-7-8-11-41(36)59/h7-8,10-11,13-16,24,26,28-29,32,35,38-39,45,58-59H,5-6,9,12,17-23,25,27H2,1-4H3,(H2,49,55)(H,50,62)(H,53,60)/t35-,38-,39+,45?/m0/s1. The number of para-hydroxylation sites is 1. The SMILES string of the molecule is Cc1ncsc1-c1ccc(CNC(=O)[C@@H]2C[C@@H](O)C[C@@H]2C(=O)C(NC(=O)CCCCCN2CCC(Cn3cc(-c4cc(-c5ccccc5O)nnc4N)cn3)CC2)C(C)(C)C)cc1. The minimum atomic E-state index is -0.776. The summed E-state index contributed by atoms with van der Waals surface area (Å²) in [6, 6.07) is 16.1. The van der Waals surface area contributed by atoms with E-state index in [0.717, 1.165) is 91.1 Å². The average Bonchev–Trinajstić information content (AvgIpc) is 4.02. The third-order valence-corrected chi connectivity index (χ3v) is 13.6. The summed E-state index contributed by atoms with van der Waals surface area (Å²) in [7, 11) is 0. The number of aromatic nitrogens is 5. The Hall–Kier alpha value is -5.51. The van der Waals surface area contributed by atoms with E-state index in [1.165, 1.54) is 0 Å². The molecular weight excluding hydrogens is 815 g/mol. The van der Waals surface area contributed by atoms with Crippen molar-refractivity contribution in [2.75, 3.05) is 25.4 Å². The first-order chi connectivity index (χ1) is 30.2. The monoisotopic (exact) mass is 875 g/mol. The van der Waals surface area contributed by atoms with E-state index in [-0.39, 0.29) is 36.2 Å². The number of aryl methyl sites for hydroxylation is 1. The molecule has 7 rings (SSSR count). The van der Waals surface area contributed by atoms with Crippen LogP contribution in [0.5, 0.6) is 5.75 Å². The molecule has 1 aliphatic carbocycles. The number of amides is 2. The molecule has 3 aromatic heterocycles. The number of aliphatic hydroxyl groups excluding tert-OH is 1. The Labute approximate surface area is 373 Å². The van der Waals surface area contributed by atoms with Crippen LogP contribution < -0.4 is 16.4 Å². The Bertz CT molecular complexity index is 2350. The van der Waals surface area contributed by atoms with Crippen molar-refractivity contribution in [2.24, 2.45) is 23.2 Å². The molecule has 2 aromatic carbocycles. The summed E-state index contributed by atoms with van der Waals surface area (Å²) in [6.45, 7) is 11.9. The van der Waals surface area contributed by atoms with Crippen LogP contribution in [0.4, 0.5) is 5.82 Å². The van der Waals surface area contributed by atoms with Gasteiger partial charge in [-0.2, -0.15) is 5.10 Å². The van der Waals surface area contributed by atoms with Crippen LogP contribution in [0.3, 0.4) is 0 Å². The van der Waals surface area contributed by atoms with Crippen LogP contribution in [-0.4, -0.2) is 89.5 Å². The van der Waals surface area contributed by atoms with Crippen molar-refractivity contribution in [2.45, 2.75) is 104 Å². The number of carbonyl (C=O) groups excluding carboxylic acids is 3. The fourth-order valence-electron chi connectivity index (χ4n) is 8.96. The van der Waals surface area contributed by atoms with Gasteiger partial charge in [-0.25, -0.2) is 4.98 Å². The minimum absolute atomic E-state index is 0.130. The maximum Gasteiger partial charge on any atom is 0.224 e. The number of aromatic hydroxyl groups is 1.